The van der Waals surface area contributed by atoms with Crippen molar-refractivity contribution >= 4 is 17.7 Å². The van der Waals surface area contributed by atoms with Crippen molar-refractivity contribution in [2.75, 3.05) is 0 Å². The number of nitrogens with zero attached hydrogens (tertiary/aromatic N) is 2. The van der Waals surface area contributed by atoms with Crippen LogP contribution in [-0.4, -0.2) is 12.1 Å². The zero-order valence-corrected chi connectivity index (χ0v) is 11.3. The second-order valence-corrected chi connectivity index (χ2v) is 4.98. The van der Waals surface area contributed by atoms with E-state index in [0.717, 1.165) is 5.56 Å². The lowest BCUT2D eigenvalue weighted by atomic mass is 9.90. The summed E-state index contributed by atoms with van der Waals surface area (Å²) in [5, 5.41) is 0. The maximum atomic E-state index is 14.1. The predicted octanol–water partition coefficient (Wildman–Crippen LogP) is 3.30. The van der Waals surface area contributed by atoms with Crippen molar-refractivity contribution in [3.8, 4) is 0 Å². The number of fused-ring (bicyclic) bond motifs is 1. The molecule has 106 valence electrons. The molecule has 0 aromatic heterocycles. The van der Waals surface area contributed by atoms with Crippen LogP contribution in [0.3, 0.4) is 0 Å². The summed E-state index contributed by atoms with van der Waals surface area (Å²) >= 11 is 0. The van der Waals surface area contributed by atoms with E-state index in [1.807, 2.05) is 18.2 Å². The van der Waals surface area contributed by atoms with Gasteiger partial charge in [0.15, 0.2) is 0 Å². The quantitative estimate of drug-likeness (QED) is 0.858. The summed E-state index contributed by atoms with van der Waals surface area (Å²) in [6.07, 6.45) is 1.55. The van der Waals surface area contributed by atoms with Crippen LogP contribution in [-0.2, 0) is 5.54 Å². The number of para-hydroxylation sites is 1. The average molecular weight is 285 g/mol. The normalized spacial score (nSPS) is 20.6. The van der Waals surface area contributed by atoms with Crippen molar-refractivity contribution < 1.29 is 8.78 Å². The molecule has 0 bridgehead atoms. The molecule has 3 nitrogen and oxygen atoms in total. The Kier molecular flexibility index (Phi) is 3.05. The number of nitrogens with two attached hydrogens (primary N) is 1. The largest absolute Gasteiger partial charge is 0.385 e. The number of hydrogen-bond donors (Lipinski definition) is 1. The van der Waals surface area contributed by atoms with Crippen LogP contribution in [0, 0.1) is 11.6 Å². The van der Waals surface area contributed by atoms with Crippen LogP contribution in [0.2, 0.25) is 0 Å². The summed E-state index contributed by atoms with van der Waals surface area (Å²) in [7, 11) is 0. The van der Waals surface area contributed by atoms with Crippen LogP contribution in [0.4, 0.5) is 14.5 Å². The van der Waals surface area contributed by atoms with Crippen LogP contribution in [0.25, 0.3) is 0 Å². The summed E-state index contributed by atoms with van der Waals surface area (Å²) in [5.41, 5.74) is 5.80. The van der Waals surface area contributed by atoms with Gasteiger partial charge in [0.05, 0.1) is 11.3 Å². The van der Waals surface area contributed by atoms with E-state index < -0.39 is 17.2 Å². The Balaban J connectivity index is 2.24. The summed E-state index contributed by atoms with van der Waals surface area (Å²) < 4.78 is 28.2. The first-order chi connectivity index (χ1) is 10.0. The van der Waals surface area contributed by atoms with Crippen molar-refractivity contribution in [3.63, 3.8) is 0 Å². The standard InChI is InChI=1S/C16H13F2N3/c1-16(14-11(17)6-4-7-12(14)18)15(19)21-13-8-3-2-5-10(13)9-20-16/h2-9H,1H3,(H2,19,21). The number of hydrogen-bond acceptors (Lipinski definition) is 3. The van der Waals surface area contributed by atoms with E-state index in [0.29, 0.717) is 5.69 Å². The van der Waals surface area contributed by atoms with Gasteiger partial charge in [-0.1, -0.05) is 24.3 Å². The number of aliphatic imine (C=N–C) groups is 2. The maximum Gasteiger partial charge on any atom is 0.145 e. The zero-order valence-electron chi connectivity index (χ0n) is 11.3. The molecule has 1 unspecified atom stereocenters. The fraction of sp³-hybridized carbons (Fsp3) is 0.125. The van der Waals surface area contributed by atoms with Crippen molar-refractivity contribution in [2.45, 2.75) is 12.5 Å². The van der Waals surface area contributed by atoms with E-state index in [1.165, 1.54) is 18.2 Å². The summed E-state index contributed by atoms with van der Waals surface area (Å²) in [6.45, 7) is 1.55. The third kappa shape index (κ3) is 2.11. The molecule has 0 aliphatic carbocycles. The van der Waals surface area contributed by atoms with Gasteiger partial charge in [-0.15, -0.1) is 0 Å². The molecule has 2 aromatic carbocycles. The van der Waals surface area contributed by atoms with Gasteiger partial charge in [0.1, 0.15) is 23.0 Å². The third-order valence-corrected chi connectivity index (χ3v) is 3.59. The van der Waals surface area contributed by atoms with Gasteiger partial charge >= 0.3 is 0 Å². The molecule has 1 aliphatic rings. The molecule has 1 atom stereocenters. The molecule has 0 saturated heterocycles. The van der Waals surface area contributed by atoms with Crippen LogP contribution >= 0.6 is 0 Å². The maximum absolute atomic E-state index is 14.1. The first kappa shape index (κ1) is 13.4. The molecule has 0 spiro atoms. The van der Waals surface area contributed by atoms with E-state index in [2.05, 4.69) is 9.98 Å². The Morgan fingerprint density at radius 3 is 2.38 bits per heavy atom. The minimum absolute atomic E-state index is 0.0488. The Labute approximate surface area is 120 Å². The number of benzene rings is 2. The summed E-state index contributed by atoms with van der Waals surface area (Å²) in [4.78, 5) is 8.60. The number of halogens is 2. The lowest BCUT2D eigenvalue weighted by molar-refractivity contribution is 0.508. The smallest absolute Gasteiger partial charge is 0.145 e. The highest BCUT2D eigenvalue weighted by molar-refractivity contribution is 6.00. The van der Waals surface area contributed by atoms with E-state index >= 15 is 0 Å². The minimum atomic E-state index is -1.38. The van der Waals surface area contributed by atoms with Gasteiger partial charge in [-0.25, -0.2) is 13.8 Å². The molecule has 2 aromatic rings. The van der Waals surface area contributed by atoms with Gasteiger partial charge in [0.2, 0.25) is 0 Å². The fourth-order valence-electron chi connectivity index (χ4n) is 2.36. The highest BCUT2D eigenvalue weighted by Gasteiger charge is 2.37. The SMILES string of the molecule is CC1(c2c(F)cccc2F)N=Cc2ccccc2N=C1N. The number of amidine groups is 1. The molecule has 21 heavy (non-hydrogen) atoms. The Morgan fingerprint density at radius 1 is 1.00 bits per heavy atom. The van der Waals surface area contributed by atoms with Crippen molar-refractivity contribution in [2.24, 2.45) is 15.7 Å². The van der Waals surface area contributed by atoms with Gasteiger partial charge in [-0.2, -0.15) is 0 Å². The molecule has 0 radical (unpaired) electrons. The molecule has 2 N–H and O–H groups in total. The molecule has 0 amide bonds. The highest BCUT2D eigenvalue weighted by Crippen LogP contribution is 2.34. The number of rotatable bonds is 1. The molecule has 0 saturated carbocycles. The van der Waals surface area contributed by atoms with Gasteiger partial charge in [-0.3, -0.25) is 4.99 Å². The zero-order chi connectivity index (χ0) is 15.0. The first-order valence-corrected chi connectivity index (χ1v) is 6.46. The second-order valence-electron chi connectivity index (χ2n) is 4.98. The van der Waals surface area contributed by atoms with Crippen molar-refractivity contribution in [3.05, 3.63) is 65.2 Å². The lowest BCUT2D eigenvalue weighted by Gasteiger charge is -2.25. The molecule has 1 heterocycles. The van der Waals surface area contributed by atoms with E-state index in [1.54, 1.807) is 19.2 Å². The lowest BCUT2D eigenvalue weighted by Crippen LogP contribution is -2.38. The Bertz CT molecular complexity index is 748. The average Bonchev–Trinajstić information content (AvgIpc) is 2.57. The second kappa shape index (κ2) is 4.77. The van der Waals surface area contributed by atoms with Gasteiger partial charge in [0, 0.05) is 11.8 Å². The summed E-state index contributed by atoms with van der Waals surface area (Å²) in [5.74, 6) is -1.34. The van der Waals surface area contributed by atoms with Gasteiger partial charge in [-0.05, 0) is 25.1 Å². The van der Waals surface area contributed by atoms with Crippen LogP contribution in [0.1, 0.15) is 18.1 Å². The topological polar surface area (TPSA) is 50.7 Å². The van der Waals surface area contributed by atoms with Crippen LogP contribution < -0.4 is 5.73 Å². The molecule has 0 fully saturated rings. The van der Waals surface area contributed by atoms with Crippen LogP contribution in [0.15, 0.2) is 52.4 Å². The molecular weight excluding hydrogens is 272 g/mol. The minimum Gasteiger partial charge on any atom is -0.385 e. The van der Waals surface area contributed by atoms with E-state index in [9.17, 15) is 8.78 Å². The summed E-state index contributed by atoms with van der Waals surface area (Å²) in [6, 6.07) is 10.9. The van der Waals surface area contributed by atoms with Gasteiger partial charge in [0.25, 0.3) is 0 Å². The molecule has 3 rings (SSSR count). The van der Waals surface area contributed by atoms with Gasteiger partial charge < -0.3 is 5.73 Å². The molecule has 1 aliphatic heterocycles. The monoisotopic (exact) mass is 285 g/mol. The third-order valence-electron chi connectivity index (χ3n) is 3.59. The Hall–Kier alpha value is -2.56. The van der Waals surface area contributed by atoms with E-state index in [4.69, 9.17) is 5.73 Å². The molecule has 5 heteroatoms. The molecular formula is C16H13F2N3. The van der Waals surface area contributed by atoms with E-state index in [-0.39, 0.29) is 11.4 Å². The van der Waals surface area contributed by atoms with Crippen molar-refractivity contribution in [1.82, 2.24) is 0 Å². The van der Waals surface area contributed by atoms with Crippen molar-refractivity contribution in [1.29, 1.82) is 0 Å². The first-order valence-electron chi connectivity index (χ1n) is 6.46. The van der Waals surface area contributed by atoms with Crippen LogP contribution in [0.5, 0.6) is 0 Å². The fourth-order valence-corrected chi connectivity index (χ4v) is 2.36. The highest BCUT2D eigenvalue weighted by atomic mass is 19.1. The predicted molar refractivity (Wildman–Crippen MR) is 79.0 cm³/mol. The Morgan fingerprint density at radius 2 is 1.67 bits per heavy atom.